The van der Waals surface area contributed by atoms with Gasteiger partial charge in [-0.3, -0.25) is 9.36 Å². The van der Waals surface area contributed by atoms with Gasteiger partial charge in [0.25, 0.3) is 5.91 Å². The number of amides is 1. The zero-order chi connectivity index (χ0) is 24.1. The van der Waals surface area contributed by atoms with Gasteiger partial charge < -0.3 is 0 Å². The molecule has 172 valence electrons. The van der Waals surface area contributed by atoms with Gasteiger partial charge in [-0.2, -0.15) is 5.10 Å². The summed E-state index contributed by atoms with van der Waals surface area (Å²) in [5.74, 6) is 0.554. The number of aryl methyl sites for hydroxylation is 1. The van der Waals surface area contributed by atoms with Crippen molar-refractivity contribution >= 4 is 46.6 Å². The van der Waals surface area contributed by atoms with E-state index in [-0.39, 0.29) is 11.7 Å². The molecule has 9 heteroatoms. The third kappa shape index (κ3) is 5.67. The lowest BCUT2D eigenvalue weighted by Crippen LogP contribution is -2.21. The molecule has 0 unspecified atom stereocenters. The minimum Gasteiger partial charge on any atom is -0.272 e. The molecule has 4 aromatic rings. The van der Waals surface area contributed by atoms with Gasteiger partial charge in [0.15, 0.2) is 11.0 Å². The number of nitrogens with zero attached hydrogens (tertiary/aromatic N) is 4. The van der Waals surface area contributed by atoms with Crippen LogP contribution in [0.2, 0.25) is 10.0 Å². The molecule has 0 aliphatic heterocycles. The number of rotatable bonds is 7. The van der Waals surface area contributed by atoms with Gasteiger partial charge in [0.05, 0.1) is 16.5 Å². The van der Waals surface area contributed by atoms with E-state index in [4.69, 9.17) is 23.2 Å². The number of benzene rings is 3. The SMILES string of the molecule is CC(=NNC(=O)CSc1nnc(-c2ccc(C)cc2)n1-c1ccccc1)c1ccc(Cl)cc1Cl. The van der Waals surface area contributed by atoms with Crippen LogP contribution in [0.4, 0.5) is 0 Å². The monoisotopic (exact) mass is 509 g/mol. The molecule has 1 aromatic heterocycles. The molecule has 0 aliphatic carbocycles. The number of hydrogen-bond acceptors (Lipinski definition) is 5. The highest BCUT2D eigenvalue weighted by atomic mass is 35.5. The number of para-hydroxylation sites is 1. The maximum Gasteiger partial charge on any atom is 0.250 e. The van der Waals surface area contributed by atoms with Gasteiger partial charge in [-0.05, 0) is 38.1 Å². The van der Waals surface area contributed by atoms with Gasteiger partial charge in [-0.25, -0.2) is 5.43 Å². The lowest BCUT2D eigenvalue weighted by atomic mass is 10.1. The second kappa shape index (κ2) is 10.9. The Balaban J connectivity index is 1.51. The number of thioether (sulfide) groups is 1. The van der Waals surface area contributed by atoms with Crippen molar-refractivity contribution in [1.29, 1.82) is 0 Å². The van der Waals surface area contributed by atoms with Crippen LogP contribution in [0, 0.1) is 6.92 Å². The molecule has 6 nitrogen and oxygen atoms in total. The molecule has 34 heavy (non-hydrogen) atoms. The van der Waals surface area contributed by atoms with Crippen LogP contribution in [0.3, 0.4) is 0 Å². The molecular weight excluding hydrogens is 489 g/mol. The molecule has 0 fully saturated rings. The van der Waals surface area contributed by atoms with E-state index in [9.17, 15) is 4.79 Å². The fraction of sp³-hybridized carbons (Fsp3) is 0.120. The number of hydrogen-bond donors (Lipinski definition) is 1. The van der Waals surface area contributed by atoms with E-state index >= 15 is 0 Å². The largest absolute Gasteiger partial charge is 0.272 e. The summed E-state index contributed by atoms with van der Waals surface area (Å²) in [6, 6.07) is 23.0. The van der Waals surface area contributed by atoms with E-state index in [1.807, 2.05) is 66.1 Å². The zero-order valence-electron chi connectivity index (χ0n) is 18.5. The van der Waals surface area contributed by atoms with Gasteiger partial charge in [0.1, 0.15) is 0 Å². The van der Waals surface area contributed by atoms with Crippen LogP contribution >= 0.6 is 35.0 Å². The second-order valence-corrected chi connectivity index (χ2v) is 9.27. The quantitative estimate of drug-likeness (QED) is 0.183. The van der Waals surface area contributed by atoms with E-state index in [2.05, 4.69) is 20.7 Å². The Hall–Kier alpha value is -3.13. The van der Waals surface area contributed by atoms with Crippen LogP contribution in [0.25, 0.3) is 17.1 Å². The summed E-state index contributed by atoms with van der Waals surface area (Å²) in [4.78, 5) is 12.5. The first-order valence-electron chi connectivity index (χ1n) is 10.4. The average molecular weight is 510 g/mol. The highest BCUT2D eigenvalue weighted by Crippen LogP contribution is 2.28. The molecule has 1 heterocycles. The van der Waals surface area contributed by atoms with E-state index < -0.39 is 0 Å². The highest BCUT2D eigenvalue weighted by Gasteiger charge is 2.17. The molecule has 0 saturated heterocycles. The number of hydrazone groups is 1. The second-order valence-electron chi connectivity index (χ2n) is 7.49. The van der Waals surface area contributed by atoms with Crippen LogP contribution in [0.5, 0.6) is 0 Å². The van der Waals surface area contributed by atoms with Gasteiger partial charge in [-0.1, -0.05) is 89.1 Å². The summed E-state index contributed by atoms with van der Waals surface area (Å²) >= 11 is 13.4. The molecule has 0 aliphatic rings. The van der Waals surface area contributed by atoms with Crippen molar-refractivity contribution in [3.63, 3.8) is 0 Å². The van der Waals surface area contributed by atoms with Gasteiger partial charge in [-0.15, -0.1) is 10.2 Å². The third-order valence-corrected chi connectivity index (χ3v) is 6.44. The molecule has 3 aromatic carbocycles. The third-order valence-electron chi connectivity index (χ3n) is 4.96. The lowest BCUT2D eigenvalue weighted by Gasteiger charge is -2.10. The van der Waals surface area contributed by atoms with Crippen molar-refractivity contribution in [2.75, 3.05) is 5.75 Å². The van der Waals surface area contributed by atoms with Gasteiger partial charge >= 0.3 is 0 Å². The van der Waals surface area contributed by atoms with Gasteiger partial charge in [0.2, 0.25) is 0 Å². The molecule has 0 atom stereocenters. The number of carbonyl (C=O) groups excluding carboxylic acids is 1. The number of aromatic nitrogens is 3. The van der Waals surface area contributed by atoms with Crippen LogP contribution < -0.4 is 5.43 Å². The molecule has 1 amide bonds. The summed E-state index contributed by atoms with van der Waals surface area (Å²) in [7, 11) is 0. The Morgan fingerprint density at radius 2 is 1.76 bits per heavy atom. The van der Waals surface area contributed by atoms with Crippen LogP contribution in [0.1, 0.15) is 18.1 Å². The van der Waals surface area contributed by atoms with Crippen molar-refractivity contribution in [2.24, 2.45) is 5.10 Å². The maximum absolute atomic E-state index is 12.5. The van der Waals surface area contributed by atoms with Gasteiger partial charge in [0, 0.05) is 21.8 Å². The lowest BCUT2D eigenvalue weighted by molar-refractivity contribution is -0.118. The summed E-state index contributed by atoms with van der Waals surface area (Å²) in [6.45, 7) is 3.80. The standard InChI is InChI=1S/C25H21Cl2N5OS/c1-16-8-10-18(11-9-16)24-30-31-25(32(24)20-6-4-3-5-7-20)34-15-23(33)29-28-17(2)21-13-12-19(26)14-22(21)27/h3-14H,15H2,1-2H3,(H,29,33). The minimum absolute atomic E-state index is 0.115. The Morgan fingerprint density at radius 1 is 1.03 bits per heavy atom. The molecular formula is C25H21Cl2N5OS. The minimum atomic E-state index is -0.270. The molecule has 0 radical (unpaired) electrons. The Morgan fingerprint density at radius 3 is 2.47 bits per heavy atom. The first-order valence-corrected chi connectivity index (χ1v) is 12.2. The topological polar surface area (TPSA) is 72.2 Å². The molecule has 0 saturated carbocycles. The molecule has 0 spiro atoms. The summed E-state index contributed by atoms with van der Waals surface area (Å²) in [5, 5.41) is 14.6. The fourth-order valence-corrected chi connectivity index (χ4v) is 4.50. The van der Waals surface area contributed by atoms with Crippen LogP contribution in [-0.4, -0.2) is 32.1 Å². The molecule has 1 N–H and O–H groups in total. The van der Waals surface area contributed by atoms with Crippen molar-refractivity contribution in [2.45, 2.75) is 19.0 Å². The summed E-state index contributed by atoms with van der Waals surface area (Å²) < 4.78 is 1.95. The summed E-state index contributed by atoms with van der Waals surface area (Å²) in [6.07, 6.45) is 0. The molecule has 4 rings (SSSR count). The zero-order valence-corrected chi connectivity index (χ0v) is 20.8. The van der Waals surface area contributed by atoms with Crippen LogP contribution in [0.15, 0.2) is 83.1 Å². The first-order chi connectivity index (χ1) is 16.4. The van der Waals surface area contributed by atoms with Crippen LogP contribution in [-0.2, 0) is 4.79 Å². The van der Waals surface area contributed by atoms with E-state index in [1.165, 1.54) is 11.8 Å². The normalized spacial score (nSPS) is 11.5. The number of nitrogens with one attached hydrogen (secondary N) is 1. The predicted octanol–water partition coefficient (Wildman–Crippen LogP) is 6.18. The fourth-order valence-electron chi connectivity index (χ4n) is 3.21. The summed E-state index contributed by atoms with van der Waals surface area (Å²) in [5.41, 5.74) is 6.87. The van der Waals surface area contributed by atoms with Crippen molar-refractivity contribution in [3.8, 4) is 17.1 Å². The maximum atomic E-state index is 12.5. The van der Waals surface area contributed by atoms with Crippen molar-refractivity contribution < 1.29 is 4.79 Å². The first kappa shape index (κ1) is 24.0. The average Bonchev–Trinajstić information content (AvgIpc) is 3.26. The van der Waals surface area contributed by atoms with E-state index in [1.54, 1.807) is 25.1 Å². The predicted molar refractivity (Wildman–Crippen MR) is 139 cm³/mol. The van der Waals surface area contributed by atoms with Crippen molar-refractivity contribution in [1.82, 2.24) is 20.2 Å². The van der Waals surface area contributed by atoms with Crippen molar-refractivity contribution in [3.05, 3.63) is 94.0 Å². The smallest absolute Gasteiger partial charge is 0.250 e. The van der Waals surface area contributed by atoms with E-state index in [0.29, 0.717) is 32.3 Å². The van der Waals surface area contributed by atoms with E-state index in [0.717, 1.165) is 16.8 Å². The molecule has 0 bridgehead atoms. The highest BCUT2D eigenvalue weighted by molar-refractivity contribution is 7.99. The number of carbonyl (C=O) groups is 1. The Labute approximate surface area is 212 Å². The Bertz CT molecular complexity index is 1340. The number of halogens is 2. The Kier molecular flexibility index (Phi) is 7.67.